The molecule has 0 aliphatic heterocycles. The maximum Gasteiger partial charge on any atom is 0.104 e. The predicted octanol–water partition coefficient (Wildman–Crippen LogP) is 3.76. The standard InChI is InChI=1S/C15H22N2S/c1-5-17-15(4,11-16)10-13(3)18-14-9-7-6-8-12(14)2/h6-9,13,17H,5,10H2,1-4H3. The number of hydrogen-bond acceptors (Lipinski definition) is 3. The van der Waals surface area contributed by atoms with E-state index >= 15 is 0 Å². The third kappa shape index (κ3) is 4.36. The van der Waals surface area contributed by atoms with Crippen molar-refractivity contribution in [3.8, 4) is 6.07 Å². The fourth-order valence-electron chi connectivity index (χ4n) is 2.07. The van der Waals surface area contributed by atoms with E-state index in [0.717, 1.165) is 13.0 Å². The second-order valence-corrected chi connectivity index (χ2v) is 6.35. The lowest BCUT2D eigenvalue weighted by molar-refractivity contribution is 0.429. The highest BCUT2D eigenvalue weighted by Gasteiger charge is 2.25. The van der Waals surface area contributed by atoms with Gasteiger partial charge in [0.05, 0.1) is 6.07 Å². The molecule has 0 saturated heterocycles. The summed E-state index contributed by atoms with van der Waals surface area (Å²) in [5.74, 6) is 0. The Hall–Kier alpha value is -0.980. The molecule has 2 unspecified atom stereocenters. The molecule has 2 atom stereocenters. The van der Waals surface area contributed by atoms with Crippen molar-refractivity contribution in [2.75, 3.05) is 6.54 Å². The van der Waals surface area contributed by atoms with Crippen LogP contribution in [0.5, 0.6) is 0 Å². The SMILES string of the molecule is CCNC(C)(C#N)CC(C)Sc1ccccc1C. The molecule has 3 heteroatoms. The summed E-state index contributed by atoms with van der Waals surface area (Å²) in [5.41, 5.74) is 0.876. The average Bonchev–Trinajstić information content (AvgIpc) is 2.32. The molecule has 1 rings (SSSR count). The van der Waals surface area contributed by atoms with Crippen LogP contribution in [-0.2, 0) is 0 Å². The fourth-order valence-corrected chi connectivity index (χ4v) is 3.33. The van der Waals surface area contributed by atoms with Crippen molar-refractivity contribution in [3.63, 3.8) is 0 Å². The van der Waals surface area contributed by atoms with E-state index in [4.69, 9.17) is 0 Å². The molecule has 0 spiro atoms. The Morgan fingerprint density at radius 2 is 2.11 bits per heavy atom. The van der Waals surface area contributed by atoms with Crippen molar-refractivity contribution >= 4 is 11.8 Å². The summed E-state index contributed by atoms with van der Waals surface area (Å²) in [6.07, 6.45) is 0.844. The van der Waals surface area contributed by atoms with Gasteiger partial charge in [-0.3, -0.25) is 5.32 Å². The Kier molecular flexibility index (Phi) is 5.71. The van der Waals surface area contributed by atoms with E-state index in [0.29, 0.717) is 5.25 Å². The van der Waals surface area contributed by atoms with Gasteiger partial charge in [-0.25, -0.2) is 0 Å². The zero-order valence-electron chi connectivity index (χ0n) is 11.7. The molecular formula is C15H22N2S. The lowest BCUT2D eigenvalue weighted by atomic mass is 9.98. The second kappa shape index (κ2) is 6.82. The fraction of sp³-hybridized carbons (Fsp3) is 0.533. The van der Waals surface area contributed by atoms with Crippen LogP contribution in [0.25, 0.3) is 0 Å². The topological polar surface area (TPSA) is 35.8 Å². The maximum absolute atomic E-state index is 9.26. The van der Waals surface area contributed by atoms with Crippen LogP contribution >= 0.6 is 11.8 Å². The third-order valence-electron chi connectivity index (χ3n) is 2.93. The van der Waals surface area contributed by atoms with Gasteiger partial charge in [-0.15, -0.1) is 11.8 Å². The number of nitrogens with one attached hydrogen (secondary N) is 1. The zero-order valence-corrected chi connectivity index (χ0v) is 12.5. The van der Waals surface area contributed by atoms with Crippen LogP contribution in [0.1, 0.15) is 32.8 Å². The molecule has 0 saturated carbocycles. The molecule has 0 radical (unpaired) electrons. The van der Waals surface area contributed by atoms with E-state index in [1.165, 1.54) is 10.5 Å². The van der Waals surface area contributed by atoms with Crippen LogP contribution in [0, 0.1) is 18.3 Å². The van der Waals surface area contributed by atoms with Crippen LogP contribution < -0.4 is 5.32 Å². The van der Waals surface area contributed by atoms with Crippen molar-refractivity contribution in [3.05, 3.63) is 29.8 Å². The van der Waals surface area contributed by atoms with E-state index in [1.54, 1.807) is 0 Å². The summed E-state index contributed by atoms with van der Waals surface area (Å²) in [6.45, 7) is 9.15. The molecule has 18 heavy (non-hydrogen) atoms. The Morgan fingerprint density at radius 1 is 1.44 bits per heavy atom. The average molecular weight is 262 g/mol. The number of rotatable bonds is 6. The van der Waals surface area contributed by atoms with Crippen LogP contribution in [0.2, 0.25) is 0 Å². The number of aryl methyl sites for hydroxylation is 1. The third-order valence-corrected chi connectivity index (χ3v) is 4.21. The van der Waals surface area contributed by atoms with E-state index < -0.39 is 5.54 Å². The van der Waals surface area contributed by atoms with E-state index in [1.807, 2.05) is 25.6 Å². The second-order valence-electron chi connectivity index (χ2n) is 4.87. The smallest absolute Gasteiger partial charge is 0.104 e. The summed E-state index contributed by atoms with van der Waals surface area (Å²) >= 11 is 1.85. The Morgan fingerprint density at radius 3 is 2.67 bits per heavy atom. The van der Waals surface area contributed by atoms with Gasteiger partial charge in [-0.05, 0) is 38.4 Å². The summed E-state index contributed by atoms with van der Waals surface area (Å²) in [7, 11) is 0. The molecule has 0 aromatic heterocycles. The summed E-state index contributed by atoms with van der Waals surface area (Å²) in [6, 6.07) is 10.8. The van der Waals surface area contributed by atoms with E-state index in [2.05, 4.69) is 49.5 Å². The molecule has 1 N–H and O–H groups in total. The first-order chi connectivity index (χ1) is 8.50. The lowest BCUT2D eigenvalue weighted by Crippen LogP contribution is -2.42. The van der Waals surface area contributed by atoms with Crippen molar-refractivity contribution in [1.82, 2.24) is 5.32 Å². The normalized spacial score (nSPS) is 15.7. The molecule has 0 aliphatic rings. The van der Waals surface area contributed by atoms with Gasteiger partial charge in [0.2, 0.25) is 0 Å². The van der Waals surface area contributed by atoms with E-state index in [-0.39, 0.29) is 0 Å². The largest absolute Gasteiger partial charge is 0.300 e. The van der Waals surface area contributed by atoms with Gasteiger partial charge in [0, 0.05) is 10.1 Å². The minimum atomic E-state index is -0.427. The van der Waals surface area contributed by atoms with Gasteiger partial charge in [-0.1, -0.05) is 32.0 Å². The summed E-state index contributed by atoms with van der Waals surface area (Å²) < 4.78 is 0. The van der Waals surface area contributed by atoms with Crippen molar-refractivity contribution in [2.45, 2.75) is 49.8 Å². The van der Waals surface area contributed by atoms with Gasteiger partial charge in [0.1, 0.15) is 5.54 Å². The summed E-state index contributed by atoms with van der Waals surface area (Å²) in [4.78, 5) is 1.31. The van der Waals surface area contributed by atoms with Crippen molar-refractivity contribution in [1.29, 1.82) is 5.26 Å². The van der Waals surface area contributed by atoms with Gasteiger partial charge in [-0.2, -0.15) is 5.26 Å². The molecule has 98 valence electrons. The van der Waals surface area contributed by atoms with Crippen molar-refractivity contribution in [2.24, 2.45) is 0 Å². The van der Waals surface area contributed by atoms with Gasteiger partial charge in [0.15, 0.2) is 0 Å². The van der Waals surface area contributed by atoms with E-state index in [9.17, 15) is 5.26 Å². The van der Waals surface area contributed by atoms with Crippen LogP contribution in [0.4, 0.5) is 0 Å². The van der Waals surface area contributed by atoms with Gasteiger partial charge < -0.3 is 0 Å². The highest BCUT2D eigenvalue weighted by Crippen LogP contribution is 2.30. The minimum Gasteiger partial charge on any atom is -0.300 e. The molecule has 0 bridgehead atoms. The number of nitriles is 1. The Bertz CT molecular complexity index is 425. The highest BCUT2D eigenvalue weighted by molar-refractivity contribution is 8.00. The first kappa shape index (κ1) is 15.1. The summed E-state index contributed by atoms with van der Waals surface area (Å²) in [5, 5.41) is 12.9. The molecule has 2 nitrogen and oxygen atoms in total. The molecule has 1 aromatic carbocycles. The lowest BCUT2D eigenvalue weighted by Gasteiger charge is -2.26. The van der Waals surface area contributed by atoms with Crippen LogP contribution in [0.3, 0.4) is 0 Å². The monoisotopic (exact) mass is 262 g/mol. The molecule has 0 fully saturated rings. The maximum atomic E-state index is 9.26. The quantitative estimate of drug-likeness (QED) is 0.793. The first-order valence-electron chi connectivity index (χ1n) is 6.39. The van der Waals surface area contributed by atoms with Crippen molar-refractivity contribution < 1.29 is 0 Å². The number of nitrogens with zero attached hydrogens (tertiary/aromatic N) is 1. The highest BCUT2D eigenvalue weighted by atomic mass is 32.2. The first-order valence-corrected chi connectivity index (χ1v) is 7.27. The zero-order chi connectivity index (χ0) is 13.6. The minimum absolute atomic E-state index is 0.412. The van der Waals surface area contributed by atoms with Crippen LogP contribution in [-0.4, -0.2) is 17.3 Å². The predicted molar refractivity (Wildman–Crippen MR) is 78.8 cm³/mol. The molecular weight excluding hydrogens is 240 g/mol. The number of thioether (sulfide) groups is 1. The molecule has 0 aliphatic carbocycles. The molecule has 1 aromatic rings. The van der Waals surface area contributed by atoms with Gasteiger partial charge >= 0.3 is 0 Å². The Balaban J connectivity index is 2.64. The number of hydrogen-bond donors (Lipinski definition) is 1. The van der Waals surface area contributed by atoms with Gasteiger partial charge in [0.25, 0.3) is 0 Å². The number of benzene rings is 1. The molecule has 0 heterocycles. The molecule has 0 amide bonds. The Labute approximate surface area is 115 Å². The van der Waals surface area contributed by atoms with Crippen LogP contribution in [0.15, 0.2) is 29.2 Å².